The molecule has 6 nitrogen and oxygen atoms in total. The third-order valence-electron chi connectivity index (χ3n) is 3.77. The van der Waals surface area contributed by atoms with Gasteiger partial charge in [0, 0.05) is 12.3 Å². The van der Waals surface area contributed by atoms with E-state index in [0.29, 0.717) is 13.0 Å². The molecule has 1 saturated heterocycles. The van der Waals surface area contributed by atoms with Crippen molar-refractivity contribution in [2.45, 2.75) is 24.7 Å². The number of rotatable bonds is 4. The molecule has 1 atom stereocenters. The third-order valence-corrected chi connectivity index (χ3v) is 4.07. The van der Waals surface area contributed by atoms with E-state index in [1.165, 1.54) is 0 Å². The van der Waals surface area contributed by atoms with Crippen LogP contribution in [0.1, 0.15) is 12.8 Å². The number of carboxylic acids is 1. The zero-order valence-electron chi connectivity index (χ0n) is 13.2. The van der Waals surface area contributed by atoms with Crippen molar-refractivity contribution in [1.29, 1.82) is 0 Å². The maximum Gasteiger partial charge on any atom is 0.573 e. The number of benzene rings is 1. The number of terminal acetylenes is 1. The minimum Gasteiger partial charge on any atom is -0.479 e. The second kappa shape index (κ2) is 7.43. The highest BCUT2D eigenvalue weighted by Crippen LogP contribution is 2.37. The van der Waals surface area contributed by atoms with Gasteiger partial charge in [-0.1, -0.05) is 11.6 Å². The average Bonchev–Trinajstić information content (AvgIpc) is 2.57. The van der Waals surface area contributed by atoms with Gasteiger partial charge in [-0.05, 0) is 37.0 Å². The monoisotopic (exact) mass is 391 g/mol. The number of aliphatic carboxylic acids is 1. The van der Waals surface area contributed by atoms with Crippen molar-refractivity contribution in [1.82, 2.24) is 0 Å². The Balaban J connectivity index is 2.51. The van der Waals surface area contributed by atoms with Crippen LogP contribution in [0.15, 0.2) is 18.2 Å². The van der Waals surface area contributed by atoms with Crippen molar-refractivity contribution in [2.75, 3.05) is 18.1 Å². The van der Waals surface area contributed by atoms with Crippen LogP contribution < -0.4 is 9.64 Å². The van der Waals surface area contributed by atoms with Crippen molar-refractivity contribution in [3.63, 3.8) is 0 Å². The molecule has 0 bridgehead atoms. The molecule has 140 valence electrons. The predicted molar refractivity (Wildman–Crippen MR) is 84.9 cm³/mol. The first kappa shape index (κ1) is 19.9. The van der Waals surface area contributed by atoms with E-state index in [4.69, 9.17) is 22.8 Å². The van der Waals surface area contributed by atoms with E-state index in [1.54, 1.807) is 0 Å². The summed E-state index contributed by atoms with van der Waals surface area (Å²) in [6.45, 7) is -0.0135. The van der Waals surface area contributed by atoms with E-state index >= 15 is 0 Å². The second-order valence-electron chi connectivity index (χ2n) is 5.44. The number of hydrogen-bond acceptors (Lipinski definition) is 4. The van der Waals surface area contributed by atoms with Gasteiger partial charge in [-0.25, -0.2) is 4.79 Å². The number of halogens is 4. The van der Waals surface area contributed by atoms with E-state index in [-0.39, 0.29) is 18.7 Å². The number of carbonyl (C=O) groups is 2. The van der Waals surface area contributed by atoms with Crippen LogP contribution in [0, 0.1) is 12.3 Å². The number of amides is 1. The van der Waals surface area contributed by atoms with Gasteiger partial charge in [-0.15, -0.1) is 19.6 Å². The molecule has 1 N–H and O–H groups in total. The molecule has 10 heteroatoms. The summed E-state index contributed by atoms with van der Waals surface area (Å²) in [6, 6.07) is 2.93. The Morgan fingerprint density at radius 2 is 2.12 bits per heavy atom. The van der Waals surface area contributed by atoms with Gasteiger partial charge in [0.1, 0.15) is 5.75 Å². The Morgan fingerprint density at radius 3 is 2.58 bits per heavy atom. The van der Waals surface area contributed by atoms with Crippen LogP contribution in [0.4, 0.5) is 18.9 Å². The predicted octanol–water partition coefficient (Wildman–Crippen LogP) is 2.84. The molecule has 0 aliphatic carbocycles. The zero-order chi connectivity index (χ0) is 19.5. The summed E-state index contributed by atoms with van der Waals surface area (Å²) in [4.78, 5) is 25.0. The number of nitrogens with zero attached hydrogens (tertiary/aromatic N) is 1. The first-order valence-corrected chi connectivity index (χ1v) is 7.66. The molecular weight excluding hydrogens is 379 g/mol. The molecule has 1 aromatic rings. The van der Waals surface area contributed by atoms with Crippen LogP contribution in [0.3, 0.4) is 0 Å². The molecule has 2 rings (SSSR count). The lowest BCUT2D eigenvalue weighted by Gasteiger charge is -2.41. The number of carboxylic acid groups (broad SMARTS) is 1. The van der Waals surface area contributed by atoms with Crippen molar-refractivity contribution < 1.29 is 37.3 Å². The zero-order valence-corrected chi connectivity index (χ0v) is 13.9. The molecule has 1 aliphatic heterocycles. The van der Waals surface area contributed by atoms with E-state index in [0.717, 1.165) is 23.1 Å². The molecular formula is C16H13ClF3NO5. The van der Waals surface area contributed by atoms with Crippen molar-refractivity contribution in [3.8, 4) is 18.1 Å². The van der Waals surface area contributed by atoms with Crippen LogP contribution in [-0.2, 0) is 14.3 Å². The molecule has 0 saturated carbocycles. The Kier molecular flexibility index (Phi) is 5.68. The molecule has 0 aromatic heterocycles. The van der Waals surface area contributed by atoms with Gasteiger partial charge >= 0.3 is 18.2 Å². The fourth-order valence-electron chi connectivity index (χ4n) is 2.68. The fraction of sp³-hybridized carbons (Fsp3) is 0.375. The Labute approximate surface area is 151 Å². The molecule has 1 heterocycles. The van der Waals surface area contributed by atoms with Gasteiger partial charge in [-0.2, -0.15) is 0 Å². The number of ether oxygens (including phenoxy) is 2. The van der Waals surface area contributed by atoms with Crippen LogP contribution in [0.2, 0.25) is 5.02 Å². The van der Waals surface area contributed by atoms with Crippen LogP contribution >= 0.6 is 11.6 Å². The SMILES string of the molecule is C#CC(=O)N(c1ccc(OC(F)(F)F)c(Cl)c1)[C@]1(C(=O)O)CCCOC1. The van der Waals surface area contributed by atoms with Crippen LogP contribution in [-0.4, -0.2) is 42.1 Å². The number of hydrogen-bond donors (Lipinski definition) is 1. The highest BCUT2D eigenvalue weighted by molar-refractivity contribution is 6.32. The lowest BCUT2D eigenvalue weighted by molar-refractivity contribution is -0.274. The maximum absolute atomic E-state index is 12.4. The van der Waals surface area contributed by atoms with Gasteiger partial charge in [-0.3, -0.25) is 9.69 Å². The minimum atomic E-state index is -4.96. The summed E-state index contributed by atoms with van der Waals surface area (Å²) in [5, 5.41) is 9.23. The van der Waals surface area contributed by atoms with E-state index in [2.05, 4.69) is 4.74 Å². The molecule has 1 aliphatic rings. The van der Waals surface area contributed by atoms with E-state index in [1.807, 2.05) is 5.92 Å². The Morgan fingerprint density at radius 1 is 1.42 bits per heavy atom. The third kappa shape index (κ3) is 4.03. The molecule has 26 heavy (non-hydrogen) atoms. The first-order chi connectivity index (χ1) is 12.1. The molecule has 0 spiro atoms. The van der Waals surface area contributed by atoms with Crippen molar-refractivity contribution in [2.24, 2.45) is 0 Å². The summed E-state index contributed by atoms with van der Waals surface area (Å²) >= 11 is 5.80. The topological polar surface area (TPSA) is 76.1 Å². The smallest absolute Gasteiger partial charge is 0.479 e. The summed E-state index contributed by atoms with van der Waals surface area (Å²) in [6.07, 6.45) is 0.587. The fourth-order valence-corrected chi connectivity index (χ4v) is 2.89. The normalized spacial score (nSPS) is 20.1. The lowest BCUT2D eigenvalue weighted by Crippen LogP contribution is -2.61. The second-order valence-corrected chi connectivity index (χ2v) is 5.85. The highest BCUT2D eigenvalue weighted by atomic mass is 35.5. The van der Waals surface area contributed by atoms with Gasteiger partial charge in [0.25, 0.3) is 0 Å². The van der Waals surface area contributed by atoms with E-state index in [9.17, 15) is 27.9 Å². The quantitative estimate of drug-likeness (QED) is 0.799. The maximum atomic E-state index is 12.4. The highest BCUT2D eigenvalue weighted by Gasteiger charge is 2.49. The number of anilines is 1. The minimum absolute atomic E-state index is 0.0498. The summed E-state index contributed by atoms with van der Waals surface area (Å²) in [5.74, 6) is -1.21. The van der Waals surface area contributed by atoms with E-state index < -0.39 is 34.5 Å². The van der Waals surface area contributed by atoms with Gasteiger partial charge < -0.3 is 14.6 Å². The molecule has 1 aromatic carbocycles. The Bertz CT molecular complexity index is 753. The number of carbonyl (C=O) groups excluding carboxylic acids is 1. The summed E-state index contributed by atoms with van der Waals surface area (Å²) in [7, 11) is 0. The summed E-state index contributed by atoms with van der Waals surface area (Å²) in [5.41, 5.74) is -1.88. The van der Waals surface area contributed by atoms with Gasteiger partial charge in [0.15, 0.2) is 5.54 Å². The Hall–Kier alpha value is -2.44. The summed E-state index contributed by atoms with van der Waals surface area (Å²) < 4.78 is 46.0. The van der Waals surface area contributed by atoms with Gasteiger partial charge in [0.05, 0.1) is 11.6 Å². The molecule has 0 radical (unpaired) electrons. The largest absolute Gasteiger partial charge is 0.573 e. The first-order valence-electron chi connectivity index (χ1n) is 7.28. The number of alkyl halides is 3. The van der Waals surface area contributed by atoms with Crippen LogP contribution in [0.5, 0.6) is 5.75 Å². The van der Waals surface area contributed by atoms with Crippen molar-refractivity contribution >= 4 is 29.2 Å². The molecule has 1 fully saturated rings. The average molecular weight is 392 g/mol. The standard InChI is InChI=1S/C16H13ClF3NO5/c1-2-13(22)21(15(14(23)24)6-3-7-25-9-15)10-4-5-12(11(17)8-10)26-16(18,19)20/h1,4-5,8H,3,6-7,9H2,(H,23,24)/t15-/m1/s1. The molecule has 1 amide bonds. The van der Waals surface area contributed by atoms with Crippen LogP contribution in [0.25, 0.3) is 0 Å². The van der Waals surface area contributed by atoms with Gasteiger partial charge in [0.2, 0.25) is 0 Å². The molecule has 0 unspecified atom stereocenters. The van der Waals surface area contributed by atoms with Crippen molar-refractivity contribution in [3.05, 3.63) is 23.2 Å². The lowest BCUT2D eigenvalue weighted by atomic mass is 9.89.